The van der Waals surface area contributed by atoms with E-state index in [1.165, 1.54) is 55.3 Å². The van der Waals surface area contributed by atoms with Gasteiger partial charge in [0.2, 0.25) is 5.91 Å². The summed E-state index contributed by atoms with van der Waals surface area (Å²) in [5, 5.41) is 2.95. The molecular formula is C28H24F3N3O4. The monoisotopic (exact) mass is 523 g/mol. The lowest BCUT2D eigenvalue weighted by Gasteiger charge is -2.18. The molecule has 0 aliphatic rings. The molecule has 0 radical (unpaired) electrons. The predicted molar refractivity (Wildman–Crippen MR) is 139 cm³/mol. The third kappa shape index (κ3) is 4.60. The summed E-state index contributed by atoms with van der Waals surface area (Å²) in [5.41, 5.74) is -0.569. The average molecular weight is 524 g/mol. The summed E-state index contributed by atoms with van der Waals surface area (Å²) in [4.78, 5) is 29.7. The minimum absolute atomic E-state index is 0.0789. The molecule has 2 aromatic carbocycles. The quantitative estimate of drug-likeness (QED) is 0.307. The van der Waals surface area contributed by atoms with Crippen LogP contribution in [0.1, 0.15) is 19.9 Å². The molecule has 0 saturated carbocycles. The second-order valence-electron chi connectivity index (χ2n) is 8.63. The lowest BCUT2D eigenvalue weighted by molar-refractivity contribution is -0.111. The lowest BCUT2D eigenvalue weighted by Crippen LogP contribution is -2.24. The highest BCUT2D eigenvalue weighted by Crippen LogP contribution is 2.38. The lowest BCUT2D eigenvalue weighted by atomic mass is 10.0. The van der Waals surface area contributed by atoms with Gasteiger partial charge in [0.25, 0.3) is 5.56 Å². The molecule has 0 fully saturated rings. The molecule has 4 aromatic rings. The van der Waals surface area contributed by atoms with E-state index in [2.05, 4.69) is 16.9 Å². The number of carbonyl (C=O) groups excluding carboxylic acids is 1. The van der Waals surface area contributed by atoms with E-state index >= 15 is 8.78 Å². The van der Waals surface area contributed by atoms with Gasteiger partial charge >= 0.3 is 0 Å². The van der Waals surface area contributed by atoms with Crippen molar-refractivity contribution in [2.24, 2.45) is 0 Å². The van der Waals surface area contributed by atoms with Crippen molar-refractivity contribution in [3.8, 4) is 33.9 Å². The molecule has 1 amide bonds. The van der Waals surface area contributed by atoms with Crippen LogP contribution >= 0.6 is 0 Å². The van der Waals surface area contributed by atoms with E-state index in [1.807, 2.05) is 0 Å². The van der Waals surface area contributed by atoms with Gasteiger partial charge in [-0.15, -0.1) is 0 Å². The summed E-state index contributed by atoms with van der Waals surface area (Å²) in [6.07, 6.45) is 2.47. The summed E-state index contributed by atoms with van der Waals surface area (Å²) in [6.45, 7) is 6.85. The van der Waals surface area contributed by atoms with Gasteiger partial charge in [-0.2, -0.15) is 0 Å². The van der Waals surface area contributed by atoms with E-state index in [4.69, 9.17) is 9.47 Å². The molecule has 2 aromatic heterocycles. The van der Waals surface area contributed by atoms with Gasteiger partial charge in [0.15, 0.2) is 23.1 Å². The number of hydrogen-bond acceptors (Lipinski definition) is 5. The Kier molecular flexibility index (Phi) is 7.25. The van der Waals surface area contributed by atoms with Gasteiger partial charge in [0.1, 0.15) is 5.82 Å². The number of pyridine rings is 2. The molecule has 2 heterocycles. The summed E-state index contributed by atoms with van der Waals surface area (Å²) in [5.74, 6) is -3.76. The minimum atomic E-state index is -1.05. The standard InChI is InChI=1S/C28H24F3N3O4/c1-6-24(35)33-16-7-8-19(29)17(10-16)20-11-21-15(13-32-20)9-18(28(36)34(21)14(2)3)25-26(30)22(37-4)12-23(38-5)27(25)31/h6-14H,1H2,2-5H3,(H,33,35). The van der Waals surface area contributed by atoms with Crippen molar-refractivity contribution >= 4 is 22.5 Å². The van der Waals surface area contributed by atoms with Gasteiger partial charge < -0.3 is 19.4 Å². The van der Waals surface area contributed by atoms with E-state index in [9.17, 15) is 14.0 Å². The number of nitrogens with one attached hydrogen (secondary N) is 1. The molecule has 38 heavy (non-hydrogen) atoms. The molecule has 0 unspecified atom stereocenters. The summed E-state index contributed by atoms with van der Waals surface area (Å²) >= 11 is 0. The Morgan fingerprint density at radius 2 is 1.68 bits per heavy atom. The number of aromatic nitrogens is 2. The molecular weight excluding hydrogens is 499 g/mol. The molecule has 10 heteroatoms. The smallest absolute Gasteiger partial charge is 0.259 e. The number of carbonyl (C=O) groups is 1. The molecule has 0 spiro atoms. The van der Waals surface area contributed by atoms with Crippen molar-refractivity contribution in [3.63, 3.8) is 0 Å². The maximum Gasteiger partial charge on any atom is 0.259 e. The summed E-state index contributed by atoms with van der Waals surface area (Å²) in [6, 6.07) is 7.43. The Hall–Kier alpha value is -4.60. The first-order valence-electron chi connectivity index (χ1n) is 11.5. The number of amides is 1. The van der Waals surface area contributed by atoms with Gasteiger partial charge in [-0.3, -0.25) is 14.6 Å². The third-order valence-electron chi connectivity index (χ3n) is 5.98. The summed E-state index contributed by atoms with van der Waals surface area (Å²) < 4.78 is 56.7. The van der Waals surface area contributed by atoms with Gasteiger partial charge in [0, 0.05) is 34.9 Å². The zero-order valence-electron chi connectivity index (χ0n) is 21.1. The van der Waals surface area contributed by atoms with E-state index in [-0.39, 0.29) is 28.3 Å². The Balaban J connectivity index is 1.98. The molecule has 1 N–H and O–H groups in total. The predicted octanol–water partition coefficient (Wildman–Crippen LogP) is 5.87. The van der Waals surface area contributed by atoms with Gasteiger partial charge in [-0.25, -0.2) is 13.2 Å². The van der Waals surface area contributed by atoms with Crippen molar-refractivity contribution in [3.05, 3.63) is 83.1 Å². The second kappa shape index (κ2) is 10.4. The Morgan fingerprint density at radius 1 is 1.03 bits per heavy atom. The zero-order valence-corrected chi connectivity index (χ0v) is 21.1. The highest BCUT2D eigenvalue weighted by molar-refractivity contribution is 5.99. The van der Waals surface area contributed by atoms with Gasteiger partial charge in [0.05, 0.1) is 36.6 Å². The van der Waals surface area contributed by atoms with Crippen molar-refractivity contribution in [2.45, 2.75) is 19.9 Å². The molecule has 0 saturated heterocycles. The molecule has 0 bridgehead atoms. The van der Waals surface area contributed by atoms with Gasteiger partial charge in [-0.05, 0) is 50.3 Å². The number of methoxy groups -OCH3 is 2. The first-order valence-corrected chi connectivity index (χ1v) is 11.5. The Morgan fingerprint density at radius 3 is 2.26 bits per heavy atom. The Bertz CT molecular complexity index is 1620. The number of fused-ring (bicyclic) bond motifs is 1. The molecule has 4 rings (SSSR count). The van der Waals surface area contributed by atoms with Crippen LogP contribution in [0.25, 0.3) is 33.3 Å². The van der Waals surface area contributed by atoms with E-state index < -0.39 is 40.5 Å². The normalized spacial score (nSPS) is 11.1. The van der Waals surface area contributed by atoms with Crippen LogP contribution in [0.2, 0.25) is 0 Å². The highest BCUT2D eigenvalue weighted by atomic mass is 19.1. The molecule has 0 atom stereocenters. The average Bonchev–Trinajstić information content (AvgIpc) is 2.89. The van der Waals surface area contributed by atoms with Gasteiger partial charge in [-0.1, -0.05) is 6.58 Å². The largest absolute Gasteiger partial charge is 0.494 e. The van der Waals surface area contributed by atoms with Crippen molar-refractivity contribution in [1.82, 2.24) is 9.55 Å². The maximum absolute atomic E-state index is 15.3. The molecule has 0 aliphatic heterocycles. The van der Waals surface area contributed by atoms with Crippen LogP contribution < -0.4 is 20.3 Å². The zero-order chi connectivity index (χ0) is 27.7. The number of halogens is 3. The van der Waals surface area contributed by atoms with Crippen LogP contribution in [0, 0.1) is 17.5 Å². The van der Waals surface area contributed by atoms with Crippen LogP contribution in [-0.2, 0) is 4.79 Å². The molecule has 7 nitrogen and oxygen atoms in total. The summed E-state index contributed by atoms with van der Waals surface area (Å²) in [7, 11) is 2.43. The van der Waals surface area contributed by atoms with Crippen LogP contribution in [0.4, 0.5) is 18.9 Å². The fourth-order valence-electron chi connectivity index (χ4n) is 4.19. The van der Waals surface area contributed by atoms with E-state index in [0.717, 1.165) is 12.1 Å². The SMILES string of the molecule is C=CC(=O)Nc1ccc(F)c(-c2cc3c(cn2)cc(-c2c(F)c(OC)cc(OC)c2F)c(=O)n3C(C)C)c1. The molecule has 0 aliphatic carbocycles. The first-order chi connectivity index (χ1) is 18.1. The van der Waals surface area contributed by atoms with Crippen molar-refractivity contribution in [2.75, 3.05) is 19.5 Å². The van der Waals surface area contributed by atoms with Crippen molar-refractivity contribution < 1.29 is 27.4 Å². The minimum Gasteiger partial charge on any atom is -0.494 e. The first kappa shape index (κ1) is 26.5. The number of nitrogens with zero attached hydrogens (tertiary/aromatic N) is 2. The second-order valence-corrected chi connectivity index (χ2v) is 8.63. The highest BCUT2D eigenvalue weighted by Gasteiger charge is 2.25. The fraction of sp³-hybridized carbons (Fsp3) is 0.179. The number of hydrogen-bond donors (Lipinski definition) is 1. The van der Waals surface area contributed by atoms with Crippen LogP contribution in [0.5, 0.6) is 11.5 Å². The number of anilines is 1. The fourth-order valence-corrected chi connectivity index (χ4v) is 4.19. The molecule has 196 valence electrons. The third-order valence-corrected chi connectivity index (χ3v) is 5.98. The number of ether oxygens (including phenoxy) is 2. The van der Waals surface area contributed by atoms with Crippen molar-refractivity contribution in [1.29, 1.82) is 0 Å². The van der Waals surface area contributed by atoms with Crippen LogP contribution in [-0.4, -0.2) is 29.7 Å². The number of rotatable bonds is 7. The van der Waals surface area contributed by atoms with Crippen LogP contribution in [0.15, 0.2) is 60.0 Å². The van der Waals surface area contributed by atoms with E-state index in [0.29, 0.717) is 16.6 Å². The number of benzene rings is 2. The Labute approximate surface area is 216 Å². The van der Waals surface area contributed by atoms with Crippen LogP contribution in [0.3, 0.4) is 0 Å². The van der Waals surface area contributed by atoms with E-state index in [1.54, 1.807) is 13.8 Å². The topological polar surface area (TPSA) is 82.5 Å². The maximum atomic E-state index is 15.3.